The lowest BCUT2D eigenvalue weighted by Crippen LogP contribution is -2.37. The summed E-state index contributed by atoms with van der Waals surface area (Å²) in [6.45, 7) is 4.18. The SMILES string of the molecule is CC/C=C\C/C=C\C/C=C\C/C=C\CCCCCCCCCCCCCCCCCCCCCCCCCCCCC(=O)OC(COC(=O)CCCCC/C=C\C/C=C\C/C=C\CC)COP(=O)(O)OCC[N+](C)(C)C. The van der Waals surface area contributed by atoms with Crippen LogP contribution in [-0.4, -0.2) is 74.9 Å². The van der Waals surface area contributed by atoms with Gasteiger partial charge >= 0.3 is 19.8 Å². The molecular weight excluding hydrogens is 966 g/mol. The number of esters is 2. The number of phosphoric ester groups is 1. The zero-order chi connectivity index (χ0) is 55.6. The van der Waals surface area contributed by atoms with E-state index in [9.17, 15) is 19.0 Å². The Hall–Kier alpha value is -2.81. The second-order valence-corrected chi connectivity index (χ2v) is 23.5. The van der Waals surface area contributed by atoms with E-state index < -0.39 is 32.5 Å². The Labute approximate surface area is 469 Å². The number of quaternary nitrogens is 1. The molecule has 0 aromatic carbocycles. The van der Waals surface area contributed by atoms with E-state index in [1.165, 1.54) is 154 Å². The Morgan fingerprint density at radius 3 is 1.07 bits per heavy atom. The van der Waals surface area contributed by atoms with E-state index in [2.05, 4.69) is 98.9 Å². The summed E-state index contributed by atoms with van der Waals surface area (Å²) in [6, 6.07) is 0. The van der Waals surface area contributed by atoms with Gasteiger partial charge < -0.3 is 18.9 Å². The van der Waals surface area contributed by atoms with Gasteiger partial charge in [-0.3, -0.25) is 18.6 Å². The maximum Gasteiger partial charge on any atom is 0.472 e. The molecule has 2 atom stereocenters. The van der Waals surface area contributed by atoms with E-state index in [1.54, 1.807) is 0 Å². The second kappa shape index (κ2) is 56.9. The molecule has 10 heteroatoms. The van der Waals surface area contributed by atoms with Gasteiger partial charge in [0.05, 0.1) is 27.7 Å². The number of hydrogen-bond acceptors (Lipinski definition) is 7. The number of allylic oxidation sites excluding steroid dienone is 14. The predicted octanol–water partition coefficient (Wildman–Crippen LogP) is 19.8. The van der Waals surface area contributed by atoms with Crippen molar-refractivity contribution in [3.05, 3.63) is 85.1 Å². The van der Waals surface area contributed by atoms with Gasteiger partial charge in [-0.25, -0.2) is 4.57 Å². The van der Waals surface area contributed by atoms with Crippen molar-refractivity contribution in [1.29, 1.82) is 0 Å². The second-order valence-electron chi connectivity index (χ2n) is 22.0. The van der Waals surface area contributed by atoms with E-state index in [-0.39, 0.29) is 26.1 Å². The van der Waals surface area contributed by atoms with Crippen LogP contribution < -0.4 is 0 Å². The van der Waals surface area contributed by atoms with Gasteiger partial charge in [-0.2, -0.15) is 0 Å². The van der Waals surface area contributed by atoms with Crippen LogP contribution in [0, 0.1) is 0 Å². The van der Waals surface area contributed by atoms with Crippen molar-refractivity contribution in [2.45, 2.75) is 277 Å². The molecule has 0 aliphatic heterocycles. The molecular formula is C66H119NO8P+. The predicted molar refractivity (Wildman–Crippen MR) is 325 cm³/mol. The first kappa shape index (κ1) is 73.2. The molecule has 0 heterocycles. The molecule has 0 saturated heterocycles. The first-order valence-electron chi connectivity index (χ1n) is 31.3. The molecule has 0 saturated carbocycles. The zero-order valence-electron chi connectivity index (χ0n) is 50.0. The van der Waals surface area contributed by atoms with Gasteiger partial charge in [0.25, 0.3) is 0 Å². The van der Waals surface area contributed by atoms with Gasteiger partial charge in [0.1, 0.15) is 19.8 Å². The molecule has 0 spiro atoms. The Balaban J connectivity index is 3.90. The fourth-order valence-electron chi connectivity index (χ4n) is 8.67. The zero-order valence-corrected chi connectivity index (χ0v) is 50.9. The fourth-order valence-corrected chi connectivity index (χ4v) is 9.41. The van der Waals surface area contributed by atoms with Crippen LogP contribution in [0.4, 0.5) is 0 Å². The van der Waals surface area contributed by atoms with Crippen molar-refractivity contribution in [2.75, 3.05) is 47.5 Å². The lowest BCUT2D eigenvalue weighted by molar-refractivity contribution is -0.870. The van der Waals surface area contributed by atoms with E-state index in [1.807, 2.05) is 21.1 Å². The summed E-state index contributed by atoms with van der Waals surface area (Å²) in [4.78, 5) is 35.6. The smallest absolute Gasteiger partial charge is 0.462 e. The summed E-state index contributed by atoms with van der Waals surface area (Å²) in [5, 5.41) is 0. The van der Waals surface area contributed by atoms with Gasteiger partial charge in [0.15, 0.2) is 6.10 Å². The topological polar surface area (TPSA) is 108 Å². The Kier molecular flexibility index (Phi) is 54.8. The number of rotatable bonds is 57. The first-order chi connectivity index (χ1) is 37.0. The molecule has 0 rings (SSSR count). The molecule has 0 amide bonds. The van der Waals surface area contributed by atoms with Crippen LogP contribution in [0.3, 0.4) is 0 Å². The van der Waals surface area contributed by atoms with Crippen LogP contribution in [0.1, 0.15) is 271 Å². The number of carbonyl (C=O) groups excluding carboxylic acids is 2. The molecule has 0 aliphatic carbocycles. The summed E-state index contributed by atoms with van der Waals surface area (Å²) < 4.78 is 34.5. The highest BCUT2D eigenvalue weighted by atomic mass is 31.2. The Morgan fingerprint density at radius 1 is 0.408 bits per heavy atom. The highest BCUT2D eigenvalue weighted by molar-refractivity contribution is 7.47. The number of nitrogens with zero attached hydrogens (tertiary/aromatic N) is 1. The van der Waals surface area contributed by atoms with Crippen LogP contribution in [0.2, 0.25) is 0 Å². The lowest BCUT2D eigenvalue weighted by atomic mass is 10.0. The number of likely N-dealkylation sites (N-methyl/N-ethyl adjacent to an activating group) is 1. The fraction of sp³-hybridized carbons (Fsp3) is 0.758. The quantitative estimate of drug-likeness (QED) is 0.0211. The van der Waals surface area contributed by atoms with E-state index in [4.69, 9.17) is 18.5 Å². The minimum atomic E-state index is -4.39. The molecule has 0 radical (unpaired) electrons. The van der Waals surface area contributed by atoms with Gasteiger partial charge in [0.2, 0.25) is 0 Å². The average molecular weight is 1090 g/mol. The molecule has 0 fully saturated rings. The lowest BCUT2D eigenvalue weighted by Gasteiger charge is -2.24. The number of hydrogen-bond donors (Lipinski definition) is 1. The van der Waals surface area contributed by atoms with E-state index in [0.29, 0.717) is 23.9 Å². The normalized spacial score (nSPS) is 13.8. The number of ether oxygens (including phenoxy) is 2. The number of phosphoric acid groups is 1. The van der Waals surface area contributed by atoms with Crippen LogP contribution in [0.15, 0.2) is 85.1 Å². The minimum Gasteiger partial charge on any atom is -0.462 e. The van der Waals surface area contributed by atoms with Gasteiger partial charge in [-0.1, -0.05) is 259 Å². The molecule has 0 bridgehead atoms. The van der Waals surface area contributed by atoms with Crippen molar-refractivity contribution < 1.29 is 42.1 Å². The van der Waals surface area contributed by atoms with Gasteiger partial charge in [-0.05, 0) is 83.5 Å². The molecule has 440 valence electrons. The Morgan fingerprint density at radius 2 is 0.711 bits per heavy atom. The summed E-state index contributed by atoms with van der Waals surface area (Å²) in [5.74, 6) is -0.826. The molecule has 76 heavy (non-hydrogen) atoms. The maximum absolute atomic E-state index is 12.8. The van der Waals surface area contributed by atoms with Crippen LogP contribution in [0.25, 0.3) is 0 Å². The molecule has 1 N–H and O–H groups in total. The van der Waals surface area contributed by atoms with E-state index in [0.717, 1.165) is 77.0 Å². The first-order valence-corrected chi connectivity index (χ1v) is 32.8. The van der Waals surface area contributed by atoms with Gasteiger partial charge in [-0.15, -0.1) is 0 Å². The van der Waals surface area contributed by atoms with Crippen molar-refractivity contribution in [1.82, 2.24) is 0 Å². The standard InChI is InChI=1S/C66H118NO8P/c1-6-8-10-12-14-16-18-20-21-22-23-24-25-26-27-28-29-30-31-32-33-34-35-36-37-38-39-40-41-42-43-44-45-47-49-51-53-55-57-59-66(69)75-64(63-74-76(70,71)73-61-60-67(3,4)5)62-72-65(68)58-56-54-52-50-48-46-19-17-15-13-11-9-7-2/h8-11,14-17,20-21,23-24,46,48,64H,6-7,12-13,18-19,22,25-45,47,49-63H2,1-5H3/p+1/b10-8-,11-9-,16-14-,17-15-,21-20-,24-23-,48-46-. The third kappa shape index (κ3) is 60.4. The average Bonchev–Trinajstić information content (AvgIpc) is 3.38. The highest BCUT2D eigenvalue weighted by Gasteiger charge is 2.27. The van der Waals surface area contributed by atoms with Crippen LogP contribution >= 0.6 is 7.82 Å². The summed E-state index contributed by atoms with van der Waals surface area (Å²) >= 11 is 0. The summed E-state index contributed by atoms with van der Waals surface area (Å²) in [7, 11) is 1.46. The molecule has 2 unspecified atom stereocenters. The van der Waals surface area contributed by atoms with Crippen molar-refractivity contribution in [2.24, 2.45) is 0 Å². The van der Waals surface area contributed by atoms with Crippen molar-refractivity contribution in [3.8, 4) is 0 Å². The molecule has 0 aromatic heterocycles. The Bertz CT molecular complexity index is 1560. The number of unbranched alkanes of at least 4 members (excludes halogenated alkanes) is 29. The summed E-state index contributed by atoms with van der Waals surface area (Å²) in [6.07, 6.45) is 77.1. The number of carbonyl (C=O) groups is 2. The molecule has 9 nitrogen and oxygen atoms in total. The van der Waals surface area contributed by atoms with Crippen molar-refractivity contribution >= 4 is 19.8 Å². The monoisotopic (exact) mass is 1080 g/mol. The van der Waals surface area contributed by atoms with Crippen LogP contribution in [0.5, 0.6) is 0 Å². The van der Waals surface area contributed by atoms with Gasteiger partial charge in [0, 0.05) is 12.8 Å². The third-order valence-electron chi connectivity index (χ3n) is 13.4. The minimum absolute atomic E-state index is 0.0258. The van der Waals surface area contributed by atoms with E-state index >= 15 is 0 Å². The van der Waals surface area contributed by atoms with Crippen molar-refractivity contribution in [3.63, 3.8) is 0 Å². The molecule has 0 aliphatic rings. The largest absolute Gasteiger partial charge is 0.472 e. The summed E-state index contributed by atoms with van der Waals surface area (Å²) in [5.41, 5.74) is 0. The molecule has 0 aromatic rings. The third-order valence-corrected chi connectivity index (χ3v) is 14.4. The van der Waals surface area contributed by atoms with Crippen LogP contribution in [-0.2, 0) is 32.7 Å². The maximum atomic E-state index is 12.8. The highest BCUT2D eigenvalue weighted by Crippen LogP contribution is 2.43.